The van der Waals surface area contributed by atoms with E-state index in [0.29, 0.717) is 39.6 Å². The molecular formula is C26H30Cl2N8O. The summed E-state index contributed by atoms with van der Waals surface area (Å²) >= 11 is 12.5. The number of rotatable bonds is 7. The number of halogens is 2. The number of benzene rings is 1. The number of hydrogen-bond donors (Lipinski definition) is 1. The van der Waals surface area contributed by atoms with Gasteiger partial charge in [-0.2, -0.15) is 10.4 Å². The molecule has 194 valence electrons. The molecule has 2 fully saturated rings. The van der Waals surface area contributed by atoms with Gasteiger partial charge in [0, 0.05) is 49.7 Å². The van der Waals surface area contributed by atoms with Gasteiger partial charge >= 0.3 is 0 Å². The van der Waals surface area contributed by atoms with Gasteiger partial charge in [0.1, 0.15) is 17.4 Å². The van der Waals surface area contributed by atoms with Gasteiger partial charge in [-0.1, -0.05) is 29.3 Å². The summed E-state index contributed by atoms with van der Waals surface area (Å²) in [4.78, 5) is 25.4. The summed E-state index contributed by atoms with van der Waals surface area (Å²) in [5.41, 5.74) is 2.14. The second kappa shape index (κ2) is 10.8. The molecule has 1 N–H and O–H groups in total. The van der Waals surface area contributed by atoms with Crippen molar-refractivity contribution in [2.24, 2.45) is 11.8 Å². The van der Waals surface area contributed by atoms with E-state index in [0.717, 1.165) is 44.1 Å². The molecule has 0 spiro atoms. The highest BCUT2D eigenvalue weighted by molar-refractivity contribution is 6.35. The number of carbonyl (C=O) groups excluding carboxylic acids is 1. The Bertz CT molecular complexity index is 1350. The Balaban J connectivity index is 1.30. The van der Waals surface area contributed by atoms with Gasteiger partial charge in [-0.25, -0.2) is 14.6 Å². The molecule has 3 aromatic rings. The highest BCUT2D eigenvalue weighted by Gasteiger charge is 2.36. The fourth-order valence-corrected chi connectivity index (χ4v) is 6.00. The molecule has 2 atom stereocenters. The first-order valence-corrected chi connectivity index (χ1v) is 13.4. The molecule has 0 saturated carbocycles. The lowest BCUT2D eigenvalue weighted by atomic mass is 9.80. The molecule has 2 aromatic heterocycles. The van der Waals surface area contributed by atoms with E-state index in [1.54, 1.807) is 29.9 Å². The van der Waals surface area contributed by atoms with E-state index >= 15 is 0 Å². The third kappa shape index (κ3) is 5.37. The van der Waals surface area contributed by atoms with E-state index in [9.17, 15) is 10.1 Å². The molecule has 4 heterocycles. The zero-order chi connectivity index (χ0) is 26.1. The van der Waals surface area contributed by atoms with Gasteiger partial charge in [0.25, 0.3) is 0 Å². The van der Waals surface area contributed by atoms with Gasteiger partial charge < -0.3 is 15.1 Å². The first-order valence-electron chi connectivity index (χ1n) is 12.7. The highest BCUT2D eigenvalue weighted by atomic mass is 35.5. The number of carbonyl (C=O) groups is 1. The molecule has 0 unspecified atom stereocenters. The van der Waals surface area contributed by atoms with Crippen LogP contribution < -0.4 is 10.2 Å². The number of hydrogen-bond acceptors (Lipinski definition) is 7. The Morgan fingerprint density at radius 3 is 2.81 bits per heavy atom. The number of amides is 1. The van der Waals surface area contributed by atoms with Crippen molar-refractivity contribution in [1.29, 1.82) is 5.26 Å². The Morgan fingerprint density at radius 2 is 2.08 bits per heavy atom. The lowest BCUT2D eigenvalue weighted by molar-refractivity contribution is -0.119. The zero-order valence-corrected chi connectivity index (χ0v) is 22.5. The Labute approximate surface area is 226 Å². The molecule has 5 rings (SSSR count). The van der Waals surface area contributed by atoms with Gasteiger partial charge in [-0.3, -0.25) is 4.79 Å². The maximum absolute atomic E-state index is 11.2. The Morgan fingerprint density at radius 1 is 1.27 bits per heavy atom. The fourth-order valence-electron chi connectivity index (χ4n) is 5.44. The second-order valence-corrected chi connectivity index (χ2v) is 10.8. The monoisotopic (exact) mass is 540 g/mol. The molecule has 1 amide bonds. The van der Waals surface area contributed by atoms with Crippen molar-refractivity contribution in [3.05, 3.63) is 45.7 Å². The summed E-state index contributed by atoms with van der Waals surface area (Å²) in [6, 6.07) is 7.25. The summed E-state index contributed by atoms with van der Waals surface area (Å²) < 4.78 is 1.73. The van der Waals surface area contributed by atoms with Crippen LogP contribution in [0.5, 0.6) is 0 Å². The molecule has 0 aliphatic carbocycles. The van der Waals surface area contributed by atoms with Crippen LogP contribution in [0.15, 0.2) is 24.4 Å². The van der Waals surface area contributed by atoms with Crippen molar-refractivity contribution in [3.8, 4) is 6.07 Å². The molecule has 9 nitrogen and oxygen atoms in total. The molecule has 37 heavy (non-hydrogen) atoms. The van der Waals surface area contributed by atoms with E-state index in [1.807, 2.05) is 13.0 Å². The maximum atomic E-state index is 11.2. The van der Waals surface area contributed by atoms with Crippen molar-refractivity contribution in [1.82, 2.24) is 30.0 Å². The average molecular weight is 541 g/mol. The van der Waals surface area contributed by atoms with Crippen LogP contribution in [-0.2, 0) is 4.79 Å². The maximum Gasteiger partial charge on any atom is 0.216 e. The summed E-state index contributed by atoms with van der Waals surface area (Å²) in [7, 11) is 0. The molecule has 11 heteroatoms. The van der Waals surface area contributed by atoms with Gasteiger partial charge in [-0.15, -0.1) is 0 Å². The van der Waals surface area contributed by atoms with E-state index in [4.69, 9.17) is 28.2 Å². The van der Waals surface area contributed by atoms with E-state index in [1.165, 1.54) is 12.8 Å². The normalized spacial score (nSPS) is 19.4. The predicted molar refractivity (Wildman–Crippen MR) is 144 cm³/mol. The van der Waals surface area contributed by atoms with Crippen LogP contribution in [0.4, 0.5) is 5.82 Å². The van der Waals surface area contributed by atoms with Crippen LogP contribution in [0.3, 0.4) is 0 Å². The first kappa shape index (κ1) is 25.7. The SMILES string of the molecule is CC(=O)NCCN1CCC[C@H](C2CN(c3cnc4c(C#N)nn([C@H](C)c5ccc(Cl)cc5Cl)c4n3)C2)C1. The summed E-state index contributed by atoms with van der Waals surface area (Å²) in [5, 5.41) is 18.1. The molecule has 2 saturated heterocycles. The highest BCUT2D eigenvalue weighted by Crippen LogP contribution is 2.35. The fraction of sp³-hybridized carbons (Fsp3) is 0.500. The molecule has 0 bridgehead atoms. The number of anilines is 1. The predicted octanol–water partition coefficient (Wildman–Crippen LogP) is 3.90. The van der Waals surface area contributed by atoms with Crippen LogP contribution in [0.1, 0.15) is 44.0 Å². The minimum Gasteiger partial charge on any atom is -0.355 e. The van der Waals surface area contributed by atoms with Crippen LogP contribution >= 0.6 is 23.2 Å². The topological polar surface area (TPSA) is 103 Å². The van der Waals surface area contributed by atoms with Crippen molar-refractivity contribution in [2.45, 2.75) is 32.7 Å². The quantitative estimate of drug-likeness (QED) is 0.484. The lowest BCUT2D eigenvalue weighted by Crippen LogP contribution is -2.54. The first-order chi connectivity index (χ1) is 17.8. The van der Waals surface area contributed by atoms with E-state index in [2.05, 4.69) is 31.3 Å². The molecule has 1 aromatic carbocycles. The van der Waals surface area contributed by atoms with Crippen LogP contribution in [0.2, 0.25) is 10.0 Å². The van der Waals surface area contributed by atoms with E-state index < -0.39 is 0 Å². The number of piperidine rings is 1. The largest absolute Gasteiger partial charge is 0.355 e. The summed E-state index contributed by atoms with van der Waals surface area (Å²) in [5.74, 6) is 2.06. The van der Waals surface area contributed by atoms with Crippen molar-refractivity contribution < 1.29 is 4.79 Å². The number of fused-ring (bicyclic) bond motifs is 1. The van der Waals surface area contributed by atoms with Crippen LogP contribution in [-0.4, -0.2) is 69.8 Å². The van der Waals surface area contributed by atoms with Gasteiger partial charge in [0.2, 0.25) is 5.91 Å². The van der Waals surface area contributed by atoms with Gasteiger partial charge in [-0.05, 0) is 55.8 Å². The van der Waals surface area contributed by atoms with Crippen molar-refractivity contribution in [3.63, 3.8) is 0 Å². The number of likely N-dealkylation sites (tertiary alicyclic amines) is 1. The number of nitriles is 1. The van der Waals surface area contributed by atoms with Crippen LogP contribution in [0.25, 0.3) is 11.2 Å². The van der Waals surface area contributed by atoms with Gasteiger partial charge in [0.15, 0.2) is 11.3 Å². The number of nitrogens with zero attached hydrogens (tertiary/aromatic N) is 7. The smallest absolute Gasteiger partial charge is 0.216 e. The van der Waals surface area contributed by atoms with Crippen molar-refractivity contribution in [2.75, 3.05) is 44.2 Å². The zero-order valence-electron chi connectivity index (χ0n) is 21.0. The van der Waals surface area contributed by atoms with Crippen molar-refractivity contribution >= 4 is 46.1 Å². The standard InChI is InChI=1S/C26H30Cl2N8O/c1-16(21-6-5-20(27)10-22(21)28)36-26-25(23(11-29)33-36)31-12-24(32-26)35-14-19(15-35)18-4-3-8-34(13-18)9-7-30-17(2)37/h5-6,10,12,16,18-19H,3-4,7-9,13-15H2,1-2H3,(H,30,37)/t16-,18+/m1/s1. The van der Waals surface area contributed by atoms with Gasteiger partial charge in [0.05, 0.1) is 12.2 Å². The number of nitrogens with one attached hydrogen (secondary N) is 1. The molecule has 2 aliphatic rings. The van der Waals surface area contributed by atoms with Crippen LogP contribution in [0, 0.1) is 23.2 Å². The summed E-state index contributed by atoms with van der Waals surface area (Å²) in [6.45, 7) is 9.16. The molecule has 0 radical (unpaired) electrons. The average Bonchev–Trinajstić information content (AvgIpc) is 3.21. The minimum atomic E-state index is -0.256. The third-order valence-electron chi connectivity index (χ3n) is 7.52. The third-order valence-corrected chi connectivity index (χ3v) is 8.08. The number of aromatic nitrogens is 4. The summed E-state index contributed by atoms with van der Waals surface area (Å²) in [6.07, 6.45) is 4.16. The molecule has 2 aliphatic heterocycles. The second-order valence-electron chi connectivity index (χ2n) is 10.00. The Kier molecular flexibility index (Phi) is 7.52. The Hall–Kier alpha value is -2.93. The lowest BCUT2D eigenvalue weighted by Gasteiger charge is -2.47. The molecular weight excluding hydrogens is 511 g/mol. The van der Waals surface area contributed by atoms with E-state index in [-0.39, 0.29) is 17.6 Å². The minimum absolute atomic E-state index is 0.0233.